The molecule has 0 spiro atoms. The molecule has 1 aromatic heterocycles. The van der Waals surface area contributed by atoms with Gasteiger partial charge in [0.05, 0.1) is 25.4 Å². The van der Waals surface area contributed by atoms with Crippen molar-refractivity contribution in [2.45, 2.75) is 94.5 Å². The van der Waals surface area contributed by atoms with E-state index in [1.807, 2.05) is 24.3 Å². The molecule has 3 rings (SSSR count). The van der Waals surface area contributed by atoms with Crippen LogP contribution in [0.25, 0.3) is 10.9 Å². The van der Waals surface area contributed by atoms with Gasteiger partial charge in [-0.15, -0.1) is 0 Å². The van der Waals surface area contributed by atoms with Crippen LogP contribution in [0.1, 0.15) is 39.2 Å². The van der Waals surface area contributed by atoms with Crippen LogP contribution in [0.5, 0.6) is 0 Å². The van der Waals surface area contributed by atoms with Crippen molar-refractivity contribution in [3.05, 3.63) is 36.0 Å². The Morgan fingerprint density at radius 2 is 1.33 bits per heavy atom. The number of para-hydroxylation sites is 1. The molecule has 9 atom stereocenters. The number of benzene rings is 1. The molecule has 0 aliphatic carbocycles. The average Bonchev–Trinajstić information content (AvgIpc) is 3.92. The minimum absolute atomic E-state index is 0.0876. The lowest BCUT2D eigenvalue weighted by atomic mass is 10.0. The monoisotopic (exact) mass is 938 g/mol. The fourth-order valence-electron chi connectivity index (χ4n) is 6.70. The number of aliphatic hydroxyl groups is 3. The first-order valence-corrected chi connectivity index (χ1v) is 21.6. The van der Waals surface area contributed by atoms with E-state index in [0.717, 1.165) is 16.5 Å². The zero-order valence-corrected chi connectivity index (χ0v) is 37.2. The number of carbonyl (C=O) groups excluding carboxylic acids is 8. The second kappa shape index (κ2) is 25.1. The summed E-state index contributed by atoms with van der Waals surface area (Å²) in [6.45, 7) is 1.79. The number of aromatic nitrogens is 1. The number of carbonyl (C=O) groups is 9. The molecule has 1 aliphatic heterocycles. The summed E-state index contributed by atoms with van der Waals surface area (Å²) >= 11 is 8.14. The van der Waals surface area contributed by atoms with Gasteiger partial charge in [-0.3, -0.25) is 43.2 Å². The molecule has 2 heterocycles. The van der Waals surface area contributed by atoms with Gasteiger partial charge in [0.2, 0.25) is 47.3 Å². The quantitative estimate of drug-likeness (QED) is 0.0439. The number of aromatic amines is 1. The van der Waals surface area contributed by atoms with Crippen LogP contribution < -0.4 is 43.0 Å². The maximum atomic E-state index is 13.6. The van der Waals surface area contributed by atoms with Crippen LogP contribution in [0.15, 0.2) is 30.5 Å². The number of aliphatic carboxylic acids is 1. The summed E-state index contributed by atoms with van der Waals surface area (Å²) < 4.78 is 0. The number of aliphatic hydroxyl groups excluding tert-OH is 3. The zero-order valence-electron chi connectivity index (χ0n) is 35.4. The van der Waals surface area contributed by atoms with Crippen molar-refractivity contribution < 1.29 is 63.6 Å². The highest BCUT2D eigenvalue weighted by Crippen LogP contribution is 2.21. The molecule has 354 valence electrons. The van der Waals surface area contributed by atoms with Crippen molar-refractivity contribution in [1.82, 2.24) is 47.1 Å². The minimum Gasteiger partial charge on any atom is -0.480 e. The van der Waals surface area contributed by atoms with Crippen molar-refractivity contribution in [2.75, 3.05) is 37.8 Å². The summed E-state index contributed by atoms with van der Waals surface area (Å²) in [4.78, 5) is 121. The number of likely N-dealkylation sites (tertiary alicyclic amines) is 1. The SMILES string of the molecule is CC(C)[C@H](NC(=O)[C@H](CO)NC(=O)[C@H](CS)NC(=O)[C@@H]1CCCN1C(=O)[C@H](CO)NC(=O)[C@@H](N)Cc1c[nH]c2ccccc12)C(=O)N[C@H](C(=O)N[C@@H](CS)C(=O)NCC(=O)O)[C@@H](C)O. The van der Waals surface area contributed by atoms with Crippen molar-refractivity contribution in [1.29, 1.82) is 0 Å². The topological polar surface area (TPSA) is 364 Å². The molecule has 0 saturated carbocycles. The molecular formula is C39H58N10O13S2. The smallest absolute Gasteiger partial charge is 0.322 e. The molecule has 2 aromatic rings. The molecule has 14 N–H and O–H groups in total. The number of hydrogen-bond donors (Lipinski definition) is 15. The van der Waals surface area contributed by atoms with Gasteiger partial charge in [-0.25, -0.2) is 0 Å². The summed E-state index contributed by atoms with van der Waals surface area (Å²) in [5.74, 6) is -9.78. The van der Waals surface area contributed by atoms with Gasteiger partial charge in [0.15, 0.2) is 0 Å². The van der Waals surface area contributed by atoms with E-state index in [1.54, 1.807) is 6.20 Å². The van der Waals surface area contributed by atoms with Crippen molar-refractivity contribution >= 4 is 89.4 Å². The lowest BCUT2D eigenvalue weighted by Crippen LogP contribution is -2.63. The maximum absolute atomic E-state index is 13.6. The molecule has 0 bridgehead atoms. The van der Waals surface area contributed by atoms with Gasteiger partial charge in [-0.1, -0.05) is 32.0 Å². The molecule has 1 aromatic carbocycles. The third kappa shape index (κ3) is 14.5. The number of thiol groups is 2. The maximum Gasteiger partial charge on any atom is 0.322 e. The summed E-state index contributed by atoms with van der Waals surface area (Å²) in [5.41, 5.74) is 7.80. The Balaban J connectivity index is 1.61. The van der Waals surface area contributed by atoms with Gasteiger partial charge in [0, 0.05) is 35.2 Å². The molecular weight excluding hydrogens is 881 g/mol. The lowest BCUT2D eigenvalue weighted by molar-refractivity contribution is -0.143. The third-order valence-corrected chi connectivity index (χ3v) is 11.0. The molecule has 8 amide bonds. The normalized spacial score (nSPS) is 17.4. The Morgan fingerprint density at radius 3 is 1.92 bits per heavy atom. The molecule has 64 heavy (non-hydrogen) atoms. The summed E-state index contributed by atoms with van der Waals surface area (Å²) in [6, 6.07) is -3.75. The Bertz CT molecular complexity index is 2000. The van der Waals surface area contributed by atoms with Gasteiger partial charge in [0.1, 0.15) is 48.8 Å². The number of fused-ring (bicyclic) bond motifs is 1. The predicted octanol–water partition coefficient (Wildman–Crippen LogP) is -4.98. The summed E-state index contributed by atoms with van der Waals surface area (Å²) in [7, 11) is 0. The van der Waals surface area contributed by atoms with Crippen molar-refractivity contribution in [3.8, 4) is 0 Å². The van der Waals surface area contributed by atoms with E-state index in [-0.39, 0.29) is 30.9 Å². The fraction of sp³-hybridized carbons (Fsp3) is 0.564. The van der Waals surface area contributed by atoms with E-state index >= 15 is 0 Å². The number of nitrogens with zero attached hydrogens (tertiary/aromatic N) is 1. The highest BCUT2D eigenvalue weighted by Gasteiger charge is 2.40. The van der Waals surface area contributed by atoms with Crippen LogP contribution in [0.3, 0.4) is 0 Å². The Hall–Kier alpha value is -5.47. The number of H-pyrrole nitrogens is 1. The van der Waals surface area contributed by atoms with Crippen LogP contribution in [0.4, 0.5) is 0 Å². The van der Waals surface area contributed by atoms with Crippen LogP contribution in [0, 0.1) is 5.92 Å². The number of nitrogens with two attached hydrogens (primary N) is 1. The Labute approximate surface area is 379 Å². The predicted molar refractivity (Wildman–Crippen MR) is 235 cm³/mol. The second-order valence-corrected chi connectivity index (χ2v) is 16.1. The summed E-state index contributed by atoms with van der Waals surface area (Å²) in [5, 5.41) is 56.5. The molecule has 23 nitrogen and oxygen atoms in total. The molecule has 25 heteroatoms. The molecule has 0 radical (unpaired) electrons. The lowest BCUT2D eigenvalue weighted by Gasteiger charge is -2.30. The molecule has 1 fully saturated rings. The van der Waals surface area contributed by atoms with E-state index < -0.39 is 133 Å². The van der Waals surface area contributed by atoms with E-state index in [0.29, 0.717) is 6.42 Å². The minimum atomic E-state index is -1.68. The van der Waals surface area contributed by atoms with Crippen LogP contribution in [-0.2, 0) is 49.6 Å². The molecule has 0 unspecified atom stereocenters. The number of carboxylic acids is 1. The number of carboxylic acid groups (broad SMARTS) is 1. The zero-order chi connectivity index (χ0) is 47.8. The number of amides is 8. The first-order valence-electron chi connectivity index (χ1n) is 20.3. The number of nitrogens with one attached hydrogen (secondary N) is 8. The van der Waals surface area contributed by atoms with Crippen LogP contribution in [0.2, 0.25) is 0 Å². The molecule has 1 saturated heterocycles. The van der Waals surface area contributed by atoms with Crippen molar-refractivity contribution in [3.63, 3.8) is 0 Å². The van der Waals surface area contributed by atoms with Crippen LogP contribution in [-0.4, -0.2) is 176 Å². The average molecular weight is 939 g/mol. The second-order valence-electron chi connectivity index (χ2n) is 15.4. The van der Waals surface area contributed by atoms with Gasteiger partial charge in [-0.05, 0) is 43.7 Å². The molecule has 1 aliphatic rings. The van der Waals surface area contributed by atoms with Gasteiger partial charge in [-0.2, -0.15) is 25.3 Å². The number of hydrogen-bond acceptors (Lipinski definition) is 15. The third-order valence-electron chi connectivity index (χ3n) is 10.3. The standard InChI is InChI=1S/C39H58N10O13S2/c1-18(2)30(37(60)48-31(19(3)52)38(61)46-26(16-63)33(56)42-13-29(53)54)47-34(57)24(14-50)43-35(58)27(17-64)45-36(59)28-9-6-10-49(28)39(62)25(15-51)44-32(55)22(40)11-20-12-41-23-8-5-4-7-21(20)23/h4-5,7-8,12,18-19,22,24-28,30-31,41,50-52,63-64H,6,9-11,13-17,40H2,1-3H3,(H,42,56)(H,43,58)(H,44,55)(H,45,59)(H,46,61)(H,47,57)(H,48,60)(H,53,54)/t19-,22+,24+,25+,26+,27+,28+,30+,31+/m1/s1. The van der Waals surface area contributed by atoms with Gasteiger partial charge < -0.3 is 73.3 Å². The summed E-state index contributed by atoms with van der Waals surface area (Å²) in [6.07, 6.45) is 0.856. The number of rotatable bonds is 24. The van der Waals surface area contributed by atoms with E-state index in [1.165, 1.54) is 25.7 Å². The van der Waals surface area contributed by atoms with Gasteiger partial charge >= 0.3 is 5.97 Å². The highest BCUT2D eigenvalue weighted by atomic mass is 32.1. The highest BCUT2D eigenvalue weighted by molar-refractivity contribution is 7.80. The van der Waals surface area contributed by atoms with E-state index in [9.17, 15) is 58.5 Å². The van der Waals surface area contributed by atoms with Crippen LogP contribution >= 0.6 is 25.3 Å². The van der Waals surface area contributed by atoms with Crippen molar-refractivity contribution in [2.24, 2.45) is 11.7 Å². The Kier molecular flexibility index (Phi) is 20.8. The first kappa shape index (κ1) is 52.9. The van der Waals surface area contributed by atoms with E-state index in [2.05, 4.69) is 67.5 Å². The van der Waals surface area contributed by atoms with E-state index in [4.69, 9.17) is 10.8 Å². The first-order chi connectivity index (χ1) is 30.3. The fourth-order valence-corrected chi connectivity index (χ4v) is 7.22. The van der Waals surface area contributed by atoms with Gasteiger partial charge in [0.25, 0.3) is 0 Å². The Morgan fingerprint density at radius 1 is 0.766 bits per heavy atom. The largest absolute Gasteiger partial charge is 0.480 e.